The van der Waals surface area contributed by atoms with Crippen molar-refractivity contribution in [2.45, 2.75) is 24.8 Å². The van der Waals surface area contributed by atoms with Crippen LogP contribution < -0.4 is 5.56 Å². The summed E-state index contributed by atoms with van der Waals surface area (Å²) < 4.78 is 3.60. The molecule has 7 nitrogen and oxygen atoms in total. The molecular formula is C26H20N6OS. The number of aryl methyl sites for hydroxylation is 2. The smallest absolute Gasteiger partial charge is 0.267 e. The summed E-state index contributed by atoms with van der Waals surface area (Å²) in [7, 11) is 0. The average molecular weight is 465 g/mol. The van der Waals surface area contributed by atoms with Crippen molar-refractivity contribution in [3.05, 3.63) is 100 Å². The van der Waals surface area contributed by atoms with Crippen LogP contribution in [0, 0.1) is 13.8 Å². The zero-order chi connectivity index (χ0) is 23.2. The number of benzene rings is 3. The average Bonchev–Trinajstić information content (AvgIpc) is 3.28. The first-order valence-corrected chi connectivity index (χ1v) is 11.9. The largest absolute Gasteiger partial charge is 0.268 e. The molecule has 0 radical (unpaired) electrons. The Morgan fingerprint density at radius 3 is 2.35 bits per heavy atom. The van der Waals surface area contributed by atoms with E-state index in [1.165, 1.54) is 11.8 Å². The van der Waals surface area contributed by atoms with Gasteiger partial charge >= 0.3 is 0 Å². The number of nitrogens with zero attached hydrogens (tertiary/aromatic N) is 6. The van der Waals surface area contributed by atoms with Crippen molar-refractivity contribution >= 4 is 39.5 Å². The molecule has 3 heterocycles. The van der Waals surface area contributed by atoms with E-state index in [2.05, 4.69) is 10.2 Å². The summed E-state index contributed by atoms with van der Waals surface area (Å²) >= 11 is 1.53. The highest BCUT2D eigenvalue weighted by Gasteiger charge is 2.19. The summed E-state index contributed by atoms with van der Waals surface area (Å²) in [6, 6.07) is 23.2. The van der Waals surface area contributed by atoms with E-state index >= 15 is 0 Å². The molecule has 0 saturated heterocycles. The molecule has 0 aliphatic heterocycles. The molecular weight excluding hydrogens is 444 g/mol. The molecule has 3 aromatic carbocycles. The minimum Gasteiger partial charge on any atom is -0.268 e. The highest BCUT2D eigenvalue weighted by Crippen LogP contribution is 2.27. The third-order valence-electron chi connectivity index (χ3n) is 5.93. The van der Waals surface area contributed by atoms with E-state index in [-0.39, 0.29) is 5.56 Å². The Morgan fingerprint density at radius 2 is 1.53 bits per heavy atom. The van der Waals surface area contributed by atoms with Gasteiger partial charge in [-0.1, -0.05) is 54.2 Å². The fourth-order valence-electron chi connectivity index (χ4n) is 4.20. The van der Waals surface area contributed by atoms with Gasteiger partial charge in [0.15, 0.2) is 5.16 Å². The van der Waals surface area contributed by atoms with Crippen molar-refractivity contribution in [1.82, 2.24) is 29.1 Å². The van der Waals surface area contributed by atoms with Gasteiger partial charge in [-0.05, 0) is 49.7 Å². The van der Waals surface area contributed by atoms with Crippen molar-refractivity contribution in [1.29, 1.82) is 0 Å². The van der Waals surface area contributed by atoms with E-state index in [0.29, 0.717) is 22.1 Å². The van der Waals surface area contributed by atoms with Gasteiger partial charge in [0.1, 0.15) is 0 Å². The molecule has 0 aliphatic carbocycles. The lowest BCUT2D eigenvalue weighted by Gasteiger charge is -2.13. The van der Waals surface area contributed by atoms with Crippen molar-refractivity contribution in [2.24, 2.45) is 0 Å². The van der Waals surface area contributed by atoms with Crippen LogP contribution in [0.2, 0.25) is 0 Å². The maximum atomic E-state index is 13.5. The Morgan fingerprint density at radius 1 is 0.824 bits per heavy atom. The van der Waals surface area contributed by atoms with Crippen LogP contribution in [0.3, 0.4) is 0 Å². The van der Waals surface area contributed by atoms with Gasteiger partial charge in [-0.3, -0.25) is 9.20 Å². The zero-order valence-corrected chi connectivity index (χ0v) is 19.5. The summed E-state index contributed by atoms with van der Waals surface area (Å²) in [4.78, 5) is 23.0. The molecule has 0 atom stereocenters. The SMILES string of the molecule is Cc1ccccc1-n1c(=O)c2ccccc2n2c(SCc3nc4ccccc4nc3C)nnc12. The van der Waals surface area contributed by atoms with Gasteiger partial charge < -0.3 is 0 Å². The highest BCUT2D eigenvalue weighted by molar-refractivity contribution is 7.98. The summed E-state index contributed by atoms with van der Waals surface area (Å²) in [5, 5.41) is 10.2. The quantitative estimate of drug-likeness (QED) is 0.346. The topological polar surface area (TPSA) is 78.0 Å². The Kier molecular flexibility index (Phi) is 4.88. The maximum Gasteiger partial charge on any atom is 0.267 e. The molecule has 34 heavy (non-hydrogen) atoms. The Bertz CT molecular complexity index is 1770. The van der Waals surface area contributed by atoms with Gasteiger partial charge in [0.05, 0.1) is 39.0 Å². The molecule has 6 rings (SSSR count). The van der Waals surface area contributed by atoms with Crippen LogP contribution in [0.5, 0.6) is 0 Å². The van der Waals surface area contributed by atoms with Crippen LogP contribution in [0.25, 0.3) is 33.4 Å². The Labute approximate surface area is 199 Å². The first-order valence-electron chi connectivity index (χ1n) is 10.9. The molecule has 0 aliphatic rings. The van der Waals surface area contributed by atoms with Crippen LogP contribution in [-0.2, 0) is 5.75 Å². The van der Waals surface area contributed by atoms with E-state index < -0.39 is 0 Å². The molecule has 0 amide bonds. The predicted octanol–water partition coefficient (Wildman–Crippen LogP) is 4.89. The van der Waals surface area contributed by atoms with Crippen molar-refractivity contribution in [3.63, 3.8) is 0 Å². The van der Waals surface area contributed by atoms with Crippen molar-refractivity contribution < 1.29 is 0 Å². The number of para-hydroxylation sites is 4. The van der Waals surface area contributed by atoms with Gasteiger partial charge in [-0.2, -0.15) is 0 Å². The summed E-state index contributed by atoms with van der Waals surface area (Å²) in [5.74, 6) is 1.07. The fourth-order valence-corrected chi connectivity index (χ4v) is 5.14. The van der Waals surface area contributed by atoms with Crippen LogP contribution in [0.15, 0.2) is 82.7 Å². The van der Waals surface area contributed by atoms with Crippen LogP contribution >= 0.6 is 11.8 Å². The second kappa shape index (κ2) is 8.07. The molecule has 3 aromatic heterocycles. The third kappa shape index (κ3) is 3.26. The first-order chi connectivity index (χ1) is 16.6. The monoisotopic (exact) mass is 464 g/mol. The van der Waals surface area contributed by atoms with Crippen LogP contribution in [0.4, 0.5) is 0 Å². The lowest BCUT2D eigenvalue weighted by molar-refractivity contribution is 0.926. The maximum absolute atomic E-state index is 13.5. The zero-order valence-electron chi connectivity index (χ0n) is 18.6. The first kappa shape index (κ1) is 20.6. The van der Waals surface area contributed by atoms with Crippen molar-refractivity contribution in [3.8, 4) is 5.69 Å². The van der Waals surface area contributed by atoms with E-state index in [9.17, 15) is 4.79 Å². The lowest BCUT2D eigenvalue weighted by Crippen LogP contribution is -2.22. The van der Waals surface area contributed by atoms with Crippen LogP contribution in [-0.4, -0.2) is 29.1 Å². The van der Waals surface area contributed by atoms with Crippen molar-refractivity contribution in [2.75, 3.05) is 0 Å². The molecule has 0 spiro atoms. The second-order valence-corrected chi connectivity index (χ2v) is 9.04. The molecule has 6 aromatic rings. The number of hydrogen-bond acceptors (Lipinski definition) is 6. The number of fused-ring (bicyclic) bond motifs is 4. The van der Waals surface area contributed by atoms with Gasteiger partial charge in [0.2, 0.25) is 5.78 Å². The Hall–Kier alpha value is -4.04. The molecule has 0 N–H and O–H groups in total. The second-order valence-electron chi connectivity index (χ2n) is 8.10. The Balaban J connectivity index is 1.52. The molecule has 8 heteroatoms. The minimum atomic E-state index is -0.113. The molecule has 166 valence electrons. The van der Waals surface area contributed by atoms with E-state index in [0.717, 1.165) is 39.2 Å². The normalized spacial score (nSPS) is 11.6. The van der Waals surface area contributed by atoms with E-state index in [1.807, 2.05) is 91.0 Å². The number of thioether (sulfide) groups is 1. The number of hydrogen-bond donors (Lipinski definition) is 0. The summed E-state index contributed by atoms with van der Waals surface area (Å²) in [6.07, 6.45) is 0. The number of rotatable bonds is 4. The summed E-state index contributed by atoms with van der Waals surface area (Å²) in [6.45, 7) is 3.96. The predicted molar refractivity (Wildman–Crippen MR) is 135 cm³/mol. The lowest BCUT2D eigenvalue weighted by atomic mass is 10.2. The van der Waals surface area contributed by atoms with Gasteiger partial charge in [0.25, 0.3) is 5.56 Å². The molecule has 0 saturated carbocycles. The summed E-state index contributed by atoms with van der Waals surface area (Å²) in [5.41, 5.74) is 5.99. The third-order valence-corrected chi connectivity index (χ3v) is 6.87. The minimum absolute atomic E-state index is 0.113. The highest BCUT2D eigenvalue weighted by atomic mass is 32.2. The fraction of sp³-hybridized carbons (Fsp3) is 0.115. The van der Waals surface area contributed by atoms with Crippen LogP contribution in [0.1, 0.15) is 17.0 Å². The standard InChI is InChI=1S/C26H20N6OS/c1-16-9-3-7-13-22(16)31-24(33)18-10-4-8-14-23(18)32-25(31)29-30-26(32)34-15-21-17(2)27-19-11-5-6-12-20(19)28-21/h3-14H,15H2,1-2H3. The number of aromatic nitrogens is 6. The molecule has 0 unspecified atom stereocenters. The van der Waals surface area contributed by atoms with E-state index in [1.54, 1.807) is 4.57 Å². The van der Waals surface area contributed by atoms with Gasteiger partial charge in [-0.15, -0.1) is 10.2 Å². The van der Waals surface area contributed by atoms with Gasteiger partial charge in [0, 0.05) is 5.75 Å². The molecule has 0 bridgehead atoms. The van der Waals surface area contributed by atoms with E-state index in [4.69, 9.17) is 9.97 Å². The molecule has 0 fully saturated rings. The van der Waals surface area contributed by atoms with Gasteiger partial charge in [-0.25, -0.2) is 14.5 Å².